The molecule has 1 fully saturated rings. The summed E-state index contributed by atoms with van der Waals surface area (Å²) in [4.78, 5) is 2.85. The van der Waals surface area contributed by atoms with E-state index in [1.165, 1.54) is 39.2 Å². The topological polar surface area (TPSA) is 116 Å². The highest BCUT2D eigenvalue weighted by Crippen LogP contribution is 2.37. The van der Waals surface area contributed by atoms with Crippen LogP contribution in [0.25, 0.3) is 22.0 Å². The van der Waals surface area contributed by atoms with Gasteiger partial charge >= 0.3 is 0 Å². The molecule has 5 N–H and O–H groups in total. The lowest BCUT2D eigenvalue weighted by molar-refractivity contribution is 0.402. The molecule has 0 amide bonds. The maximum atomic E-state index is 5.96. The van der Waals surface area contributed by atoms with E-state index in [9.17, 15) is 0 Å². The zero-order chi connectivity index (χ0) is 27.1. The third kappa shape index (κ3) is 5.07. The van der Waals surface area contributed by atoms with Crippen LogP contribution < -0.4 is 21.7 Å². The first-order chi connectivity index (χ1) is 18.9. The molecule has 0 spiro atoms. The number of thiocarbonyl (C=S) groups is 1. The summed E-state index contributed by atoms with van der Waals surface area (Å²) in [6, 6.07) is 17.4. The van der Waals surface area contributed by atoms with Gasteiger partial charge in [0.25, 0.3) is 0 Å². The predicted octanol–water partition coefficient (Wildman–Crippen LogP) is 4.87. The van der Waals surface area contributed by atoms with E-state index in [2.05, 4.69) is 72.7 Å². The van der Waals surface area contributed by atoms with Crippen LogP contribution in [0.3, 0.4) is 0 Å². The van der Waals surface area contributed by atoms with E-state index in [-0.39, 0.29) is 0 Å². The third-order valence-electron chi connectivity index (χ3n) is 7.40. The summed E-state index contributed by atoms with van der Waals surface area (Å²) < 4.78 is 4.45. The molecule has 3 aromatic heterocycles. The molecular formula is C28H31N9S2. The number of nitrogens with two attached hydrogens (primary N) is 2. The zero-order valence-corrected chi connectivity index (χ0v) is 23.6. The van der Waals surface area contributed by atoms with Crippen molar-refractivity contribution in [2.24, 2.45) is 12.8 Å². The maximum absolute atomic E-state index is 5.96. The Morgan fingerprint density at radius 3 is 2.64 bits per heavy atom. The lowest BCUT2D eigenvalue weighted by Crippen LogP contribution is -2.35. The first-order valence-electron chi connectivity index (χ1n) is 13.0. The normalized spacial score (nSPS) is 14.3. The van der Waals surface area contributed by atoms with Crippen molar-refractivity contribution in [2.45, 2.75) is 32.4 Å². The Kier molecular flexibility index (Phi) is 6.69. The standard InChI is InChI=1S/C28H31N9S2/c1-17-12-25(35(2)34-17)36-10-8-21(9-11-36)37-16-23(19-4-3-5-20(14-19)26(29)38)22-7-6-18(13-24(22)37)15-31-28-33-32-27(30)39-28/h3-7,12-14,16,21H,8-11,15H2,1-2H3,(H2,29,38)(H2,30,32)(H,31,33). The summed E-state index contributed by atoms with van der Waals surface area (Å²) in [5.74, 6) is 1.18. The van der Waals surface area contributed by atoms with E-state index >= 15 is 0 Å². The van der Waals surface area contributed by atoms with Crippen molar-refractivity contribution < 1.29 is 0 Å². The van der Waals surface area contributed by atoms with Gasteiger partial charge in [-0.1, -0.05) is 53.9 Å². The van der Waals surface area contributed by atoms with Gasteiger partial charge in [-0.15, -0.1) is 10.2 Å². The molecule has 0 atom stereocenters. The number of benzene rings is 2. The lowest BCUT2D eigenvalue weighted by Gasteiger charge is -2.34. The van der Waals surface area contributed by atoms with Crippen molar-refractivity contribution >= 4 is 55.5 Å². The van der Waals surface area contributed by atoms with Gasteiger partial charge < -0.3 is 26.3 Å². The van der Waals surface area contributed by atoms with Gasteiger partial charge in [0.1, 0.15) is 10.8 Å². The van der Waals surface area contributed by atoms with E-state index < -0.39 is 0 Å². The summed E-state index contributed by atoms with van der Waals surface area (Å²) in [7, 11) is 2.02. The lowest BCUT2D eigenvalue weighted by atomic mass is 10.0. The Morgan fingerprint density at radius 1 is 1.13 bits per heavy atom. The highest BCUT2D eigenvalue weighted by molar-refractivity contribution is 7.80. The number of aryl methyl sites for hydroxylation is 2. The Morgan fingerprint density at radius 2 is 1.95 bits per heavy atom. The molecule has 200 valence electrons. The first-order valence-corrected chi connectivity index (χ1v) is 14.2. The highest BCUT2D eigenvalue weighted by atomic mass is 32.1. The van der Waals surface area contributed by atoms with Gasteiger partial charge in [0.05, 0.1) is 5.69 Å². The SMILES string of the molecule is Cc1cc(N2CCC(n3cc(-c4cccc(C(N)=S)c4)c4ccc(CNc5nnc(N)s5)cc43)CC2)n(C)n1. The number of anilines is 3. The Hall–Kier alpha value is -3.96. The fourth-order valence-corrected chi connectivity index (χ4v) is 6.16. The minimum absolute atomic E-state index is 0.386. The number of nitrogen functional groups attached to an aromatic ring is 1. The van der Waals surface area contributed by atoms with Crippen LogP contribution in [-0.2, 0) is 13.6 Å². The van der Waals surface area contributed by atoms with E-state index in [1.807, 2.05) is 30.8 Å². The molecule has 4 heterocycles. The minimum atomic E-state index is 0.386. The Balaban J connectivity index is 1.34. The van der Waals surface area contributed by atoms with Gasteiger partial charge in [0.2, 0.25) is 10.3 Å². The molecule has 6 rings (SSSR count). The third-order valence-corrected chi connectivity index (χ3v) is 8.35. The molecule has 1 aliphatic rings. The van der Waals surface area contributed by atoms with Crippen molar-refractivity contribution in [3.63, 3.8) is 0 Å². The molecule has 0 radical (unpaired) electrons. The van der Waals surface area contributed by atoms with Gasteiger partial charge in [-0.05, 0) is 43.0 Å². The van der Waals surface area contributed by atoms with Gasteiger partial charge in [-0.2, -0.15) is 5.10 Å². The number of hydrogen-bond acceptors (Lipinski definition) is 8. The molecule has 2 aromatic carbocycles. The average molecular weight is 558 g/mol. The molecule has 11 heteroatoms. The van der Waals surface area contributed by atoms with Crippen molar-refractivity contribution in [1.82, 2.24) is 24.5 Å². The van der Waals surface area contributed by atoms with Gasteiger partial charge in [0.15, 0.2) is 0 Å². The van der Waals surface area contributed by atoms with Crippen molar-refractivity contribution in [3.05, 3.63) is 71.5 Å². The molecular weight excluding hydrogens is 527 g/mol. The summed E-state index contributed by atoms with van der Waals surface area (Å²) >= 11 is 6.61. The number of aromatic nitrogens is 5. The van der Waals surface area contributed by atoms with Crippen LogP contribution in [0.1, 0.15) is 35.7 Å². The number of rotatable bonds is 7. The molecule has 0 saturated carbocycles. The zero-order valence-electron chi connectivity index (χ0n) is 22.0. The van der Waals surface area contributed by atoms with Crippen LogP contribution in [-0.4, -0.2) is 42.6 Å². The number of hydrogen-bond donors (Lipinski definition) is 3. The summed E-state index contributed by atoms with van der Waals surface area (Å²) in [6.45, 7) is 4.65. The summed E-state index contributed by atoms with van der Waals surface area (Å²) in [5.41, 5.74) is 18.3. The van der Waals surface area contributed by atoms with Crippen molar-refractivity contribution in [2.75, 3.05) is 29.0 Å². The maximum Gasteiger partial charge on any atom is 0.207 e. The second kappa shape index (κ2) is 10.3. The van der Waals surface area contributed by atoms with Gasteiger partial charge in [0, 0.05) is 67.0 Å². The van der Waals surface area contributed by atoms with Crippen LogP contribution >= 0.6 is 23.6 Å². The monoisotopic (exact) mass is 557 g/mol. The quantitative estimate of drug-likeness (QED) is 0.243. The van der Waals surface area contributed by atoms with E-state index in [4.69, 9.17) is 23.7 Å². The van der Waals surface area contributed by atoms with Crippen molar-refractivity contribution in [3.8, 4) is 11.1 Å². The molecule has 0 aliphatic carbocycles. The van der Waals surface area contributed by atoms with Gasteiger partial charge in [-0.3, -0.25) is 4.68 Å². The summed E-state index contributed by atoms with van der Waals surface area (Å²) in [5, 5.41) is 18.3. The number of nitrogens with one attached hydrogen (secondary N) is 1. The molecule has 0 unspecified atom stereocenters. The molecule has 1 saturated heterocycles. The molecule has 39 heavy (non-hydrogen) atoms. The largest absolute Gasteiger partial charge is 0.389 e. The molecule has 0 bridgehead atoms. The van der Waals surface area contributed by atoms with Gasteiger partial charge in [-0.25, -0.2) is 0 Å². The van der Waals surface area contributed by atoms with Crippen LogP contribution in [0.2, 0.25) is 0 Å². The summed E-state index contributed by atoms with van der Waals surface area (Å²) in [6.07, 6.45) is 4.40. The van der Waals surface area contributed by atoms with Crippen LogP contribution in [0.4, 0.5) is 16.1 Å². The molecule has 1 aliphatic heterocycles. The second-order valence-corrected chi connectivity index (χ2v) is 11.5. The Bertz CT molecular complexity index is 1660. The molecule has 9 nitrogen and oxygen atoms in total. The van der Waals surface area contributed by atoms with E-state index in [0.717, 1.165) is 47.9 Å². The van der Waals surface area contributed by atoms with Crippen molar-refractivity contribution in [1.29, 1.82) is 0 Å². The average Bonchev–Trinajstić information content (AvgIpc) is 3.63. The molecule has 5 aromatic rings. The van der Waals surface area contributed by atoms with Crippen LogP contribution in [0.5, 0.6) is 0 Å². The fourth-order valence-electron chi connectivity index (χ4n) is 5.53. The fraction of sp³-hybridized carbons (Fsp3) is 0.286. The predicted molar refractivity (Wildman–Crippen MR) is 163 cm³/mol. The minimum Gasteiger partial charge on any atom is -0.389 e. The van der Waals surface area contributed by atoms with E-state index in [1.54, 1.807) is 0 Å². The number of fused-ring (bicyclic) bond motifs is 1. The van der Waals surface area contributed by atoms with Crippen LogP contribution in [0.15, 0.2) is 54.7 Å². The Labute approximate surface area is 236 Å². The first kappa shape index (κ1) is 25.3. The second-order valence-electron chi connectivity index (χ2n) is 10.0. The van der Waals surface area contributed by atoms with Crippen LogP contribution in [0, 0.1) is 6.92 Å². The highest BCUT2D eigenvalue weighted by Gasteiger charge is 2.25. The van der Waals surface area contributed by atoms with E-state index in [0.29, 0.717) is 22.7 Å². The number of piperidine rings is 1. The smallest absolute Gasteiger partial charge is 0.207 e. The number of nitrogens with zero attached hydrogens (tertiary/aromatic N) is 6.